The lowest BCUT2D eigenvalue weighted by Gasteiger charge is -2.22. The number of unbranched alkanes of at least 4 members (excludes halogenated alkanes) is 44. The van der Waals surface area contributed by atoms with Crippen LogP contribution in [0.3, 0.4) is 0 Å². The van der Waals surface area contributed by atoms with E-state index < -0.39 is 12.1 Å². The normalized spacial score (nSPS) is 12.7. The van der Waals surface area contributed by atoms with E-state index in [4.69, 9.17) is 4.74 Å². The molecule has 0 saturated carbocycles. The lowest BCUT2D eigenvalue weighted by atomic mass is 10.0. The molecule has 6 heteroatoms. The van der Waals surface area contributed by atoms with Gasteiger partial charge in [0.1, 0.15) is 0 Å². The molecule has 3 N–H and O–H groups in total. The molecule has 0 aliphatic carbocycles. The van der Waals surface area contributed by atoms with E-state index in [-0.39, 0.29) is 18.5 Å². The quantitative estimate of drug-likeness (QED) is 0.0321. The number of rotatable bonds is 59. The molecule has 0 aliphatic rings. The number of ether oxygens (including phenoxy) is 1. The molecule has 2 atom stereocenters. The van der Waals surface area contributed by atoms with Gasteiger partial charge >= 0.3 is 5.97 Å². The van der Waals surface area contributed by atoms with E-state index in [0.29, 0.717) is 25.9 Å². The van der Waals surface area contributed by atoms with Gasteiger partial charge in [0, 0.05) is 12.8 Å². The van der Waals surface area contributed by atoms with Crippen molar-refractivity contribution in [3.63, 3.8) is 0 Å². The summed E-state index contributed by atoms with van der Waals surface area (Å²) in [5, 5.41) is 23.4. The predicted molar refractivity (Wildman–Crippen MR) is 306 cm³/mol. The Morgan fingerprint density at radius 2 is 0.714 bits per heavy atom. The number of allylic oxidation sites excluding steroid dienone is 4. The molecule has 0 radical (unpaired) electrons. The maximum atomic E-state index is 12.5. The van der Waals surface area contributed by atoms with Gasteiger partial charge in [-0.2, -0.15) is 0 Å². The minimum absolute atomic E-state index is 0.0123. The average Bonchev–Trinajstić information content (AvgIpc) is 3.36. The molecule has 0 aromatic rings. The molecule has 1 amide bonds. The van der Waals surface area contributed by atoms with Gasteiger partial charge in [-0.05, 0) is 57.8 Å². The number of hydrogen-bond acceptors (Lipinski definition) is 5. The molecule has 0 saturated heterocycles. The Balaban J connectivity index is 3.43. The van der Waals surface area contributed by atoms with Crippen LogP contribution in [0.4, 0.5) is 0 Å². The molecule has 0 aromatic heterocycles. The number of carbonyl (C=O) groups is 2. The van der Waals surface area contributed by atoms with Crippen molar-refractivity contribution >= 4 is 11.9 Å². The van der Waals surface area contributed by atoms with Gasteiger partial charge in [0.25, 0.3) is 0 Å². The van der Waals surface area contributed by atoms with Crippen LogP contribution in [0.1, 0.15) is 348 Å². The first-order valence-corrected chi connectivity index (χ1v) is 31.6. The SMILES string of the molecule is CCCCC/C=C\C/C=C\CCCCCCCC(=O)OCCCCCCCCCCCCCCCCCC(=O)NC(CO)C(O)CCCCCCCCCCCCCCCCCCCCCCCCC. The van der Waals surface area contributed by atoms with Crippen molar-refractivity contribution in [2.75, 3.05) is 13.2 Å². The predicted octanol–water partition coefficient (Wildman–Crippen LogP) is 19.8. The van der Waals surface area contributed by atoms with Crippen molar-refractivity contribution in [1.29, 1.82) is 0 Å². The molecule has 0 spiro atoms. The number of nitrogens with one attached hydrogen (secondary N) is 1. The molecular formula is C64H123NO5. The second-order valence-corrected chi connectivity index (χ2v) is 21.7. The van der Waals surface area contributed by atoms with Gasteiger partial charge in [-0.25, -0.2) is 0 Å². The fraction of sp³-hybridized carbons (Fsp3) is 0.906. The van der Waals surface area contributed by atoms with Crippen LogP contribution in [-0.2, 0) is 14.3 Å². The monoisotopic (exact) mass is 986 g/mol. The largest absolute Gasteiger partial charge is 0.466 e. The third-order valence-electron chi connectivity index (χ3n) is 14.8. The molecule has 70 heavy (non-hydrogen) atoms. The summed E-state index contributed by atoms with van der Waals surface area (Å²) in [6.07, 6.45) is 73.2. The molecule has 0 aromatic carbocycles. The molecule has 2 unspecified atom stereocenters. The van der Waals surface area contributed by atoms with Gasteiger partial charge < -0.3 is 20.3 Å². The summed E-state index contributed by atoms with van der Waals surface area (Å²) in [5.74, 6) is -0.0527. The highest BCUT2D eigenvalue weighted by Crippen LogP contribution is 2.18. The first kappa shape index (κ1) is 68.3. The average molecular weight is 987 g/mol. The maximum absolute atomic E-state index is 12.5. The fourth-order valence-corrected chi connectivity index (χ4v) is 9.91. The van der Waals surface area contributed by atoms with E-state index in [1.165, 1.54) is 257 Å². The summed E-state index contributed by atoms with van der Waals surface area (Å²) in [4.78, 5) is 24.6. The Labute approximate surface area is 437 Å². The summed E-state index contributed by atoms with van der Waals surface area (Å²) >= 11 is 0. The summed E-state index contributed by atoms with van der Waals surface area (Å²) < 4.78 is 5.47. The summed E-state index contributed by atoms with van der Waals surface area (Å²) in [7, 11) is 0. The van der Waals surface area contributed by atoms with Crippen LogP contribution in [-0.4, -0.2) is 47.4 Å². The van der Waals surface area contributed by atoms with Crippen molar-refractivity contribution in [1.82, 2.24) is 5.32 Å². The van der Waals surface area contributed by atoms with Crippen LogP contribution in [0.15, 0.2) is 24.3 Å². The highest BCUT2D eigenvalue weighted by molar-refractivity contribution is 5.76. The van der Waals surface area contributed by atoms with E-state index >= 15 is 0 Å². The second-order valence-electron chi connectivity index (χ2n) is 21.7. The molecule has 0 aliphatic heterocycles. The summed E-state index contributed by atoms with van der Waals surface area (Å²) in [5.41, 5.74) is 0. The van der Waals surface area contributed by atoms with Crippen molar-refractivity contribution in [2.24, 2.45) is 0 Å². The first-order valence-electron chi connectivity index (χ1n) is 31.6. The van der Waals surface area contributed by atoms with Gasteiger partial charge in [0.05, 0.1) is 25.4 Å². The number of aliphatic hydroxyl groups is 2. The Kier molecular flexibility index (Phi) is 58.5. The van der Waals surface area contributed by atoms with E-state index in [1.54, 1.807) is 0 Å². The van der Waals surface area contributed by atoms with Crippen molar-refractivity contribution in [3.8, 4) is 0 Å². The Hall–Kier alpha value is -1.66. The summed E-state index contributed by atoms with van der Waals surface area (Å²) in [6.45, 7) is 4.93. The number of hydrogen-bond donors (Lipinski definition) is 3. The van der Waals surface area contributed by atoms with Crippen molar-refractivity contribution < 1.29 is 24.5 Å². The van der Waals surface area contributed by atoms with Gasteiger partial charge in [0.2, 0.25) is 5.91 Å². The third kappa shape index (κ3) is 55.7. The van der Waals surface area contributed by atoms with E-state index in [1.807, 2.05) is 0 Å². The minimum Gasteiger partial charge on any atom is -0.466 e. The van der Waals surface area contributed by atoms with Gasteiger partial charge in [-0.1, -0.05) is 301 Å². The van der Waals surface area contributed by atoms with Crippen LogP contribution >= 0.6 is 0 Å². The van der Waals surface area contributed by atoms with Gasteiger partial charge in [0.15, 0.2) is 0 Å². The molecule has 0 rings (SSSR count). The Morgan fingerprint density at radius 3 is 1.11 bits per heavy atom. The van der Waals surface area contributed by atoms with Crippen LogP contribution < -0.4 is 5.32 Å². The molecule has 414 valence electrons. The van der Waals surface area contributed by atoms with Crippen LogP contribution in [0.2, 0.25) is 0 Å². The fourth-order valence-electron chi connectivity index (χ4n) is 9.91. The van der Waals surface area contributed by atoms with Crippen molar-refractivity contribution in [3.05, 3.63) is 24.3 Å². The zero-order chi connectivity index (χ0) is 50.7. The highest BCUT2D eigenvalue weighted by Gasteiger charge is 2.20. The molecule has 0 bridgehead atoms. The molecular weight excluding hydrogens is 863 g/mol. The number of aliphatic hydroxyl groups excluding tert-OH is 2. The molecule has 6 nitrogen and oxygen atoms in total. The smallest absolute Gasteiger partial charge is 0.305 e. The van der Waals surface area contributed by atoms with E-state index in [9.17, 15) is 19.8 Å². The van der Waals surface area contributed by atoms with Gasteiger partial charge in [-0.15, -0.1) is 0 Å². The minimum atomic E-state index is -0.672. The van der Waals surface area contributed by atoms with Gasteiger partial charge in [-0.3, -0.25) is 9.59 Å². The van der Waals surface area contributed by atoms with Crippen LogP contribution in [0.5, 0.6) is 0 Å². The third-order valence-corrected chi connectivity index (χ3v) is 14.8. The topological polar surface area (TPSA) is 95.9 Å². The van der Waals surface area contributed by atoms with Crippen LogP contribution in [0.25, 0.3) is 0 Å². The number of carbonyl (C=O) groups excluding carboxylic acids is 2. The zero-order valence-corrected chi connectivity index (χ0v) is 47.3. The second kappa shape index (κ2) is 59.9. The summed E-state index contributed by atoms with van der Waals surface area (Å²) in [6, 6.07) is -0.550. The van der Waals surface area contributed by atoms with E-state index in [0.717, 1.165) is 57.8 Å². The standard InChI is InChI=1S/C64H123NO5/c1-3-5-7-9-11-13-15-17-19-20-21-22-23-24-25-26-29-32-36-40-44-48-52-56-62(67)61(60-66)65-63(68)57-53-49-45-41-37-33-30-27-31-35-39-43-47-51-55-59-70-64(69)58-54-50-46-42-38-34-28-18-16-14-12-10-8-6-4-2/h12,14,18,28,61-62,66-67H,3-11,13,15-17,19-27,29-60H2,1-2H3,(H,65,68)/b14-12-,28-18-. The lowest BCUT2D eigenvalue weighted by Crippen LogP contribution is -2.45. The molecule has 0 fully saturated rings. The van der Waals surface area contributed by atoms with E-state index in [2.05, 4.69) is 43.5 Å². The highest BCUT2D eigenvalue weighted by atomic mass is 16.5. The van der Waals surface area contributed by atoms with Crippen molar-refractivity contribution in [2.45, 2.75) is 360 Å². The first-order chi connectivity index (χ1) is 34.5. The Morgan fingerprint density at radius 1 is 0.400 bits per heavy atom. The Bertz CT molecular complexity index is 1090. The van der Waals surface area contributed by atoms with Crippen LogP contribution in [0, 0.1) is 0 Å². The number of esters is 1. The molecule has 0 heterocycles. The lowest BCUT2D eigenvalue weighted by molar-refractivity contribution is -0.143. The number of amides is 1. The maximum Gasteiger partial charge on any atom is 0.305 e. The zero-order valence-electron chi connectivity index (χ0n) is 47.3.